The number of allylic oxidation sites excluding steroid dienone is 1. The first-order valence-corrected chi connectivity index (χ1v) is 8.06. The molecule has 0 radical (unpaired) electrons. The van der Waals surface area contributed by atoms with Crippen LogP contribution in [0.3, 0.4) is 0 Å². The Kier molecular flexibility index (Phi) is 4.68. The van der Waals surface area contributed by atoms with Crippen molar-refractivity contribution in [3.63, 3.8) is 0 Å². The van der Waals surface area contributed by atoms with Crippen LogP contribution in [0.5, 0.6) is 0 Å². The van der Waals surface area contributed by atoms with Gasteiger partial charge >= 0.3 is 0 Å². The molecule has 2 nitrogen and oxygen atoms in total. The highest BCUT2D eigenvalue weighted by Gasteiger charge is 2.09. The Morgan fingerprint density at radius 3 is 2.29 bits per heavy atom. The average molecular weight is 337 g/mol. The van der Waals surface area contributed by atoms with Gasteiger partial charge in [-0.2, -0.15) is 0 Å². The van der Waals surface area contributed by atoms with Crippen LogP contribution in [0.25, 0.3) is 17.4 Å². The first-order chi connectivity index (χ1) is 11.5. The van der Waals surface area contributed by atoms with Crippen molar-refractivity contribution in [2.45, 2.75) is 13.8 Å². The summed E-state index contributed by atoms with van der Waals surface area (Å²) < 4.78 is 5.81. The number of rotatable bonds is 4. The van der Waals surface area contributed by atoms with Crippen LogP contribution in [0.1, 0.15) is 28.6 Å². The topological polar surface area (TPSA) is 30.2 Å². The fourth-order valence-electron chi connectivity index (χ4n) is 2.41. The van der Waals surface area contributed by atoms with Gasteiger partial charge in [-0.3, -0.25) is 4.79 Å². The summed E-state index contributed by atoms with van der Waals surface area (Å²) in [6.45, 7) is 3.80. The number of furan rings is 1. The predicted octanol–water partition coefficient (Wildman–Crippen LogP) is 6.19. The minimum Gasteiger partial charge on any atom is -0.457 e. The fourth-order valence-corrected chi connectivity index (χ4v) is 2.54. The van der Waals surface area contributed by atoms with E-state index in [0.717, 1.165) is 16.9 Å². The number of hydrogen-bond acceptors (Lipinski definition) is 2. The highest BCUT2D eigenvalue weighted by atomic mass is 35.5. The van der Waals surface area contributed by atoms with E-state index in [1.807, 2.05) is 67.6 Å². The summed E-state index contributed by atoms with van der Waals surface area (Å²) in [4.78, 5) is 12.4. The quantitative estimate of drug-likeness (QED) is 0.419. The van der Waals surface area contributed by atoms with E-state index in [-0.39, 0.29) is 5.78 Å². The van der Waals surface area contributed by atoms with E-state index in [9.17, 15) is 4.79 Å². The van der Waals surface area contributed by atoms with Gasteiger partial charge in [-0.25, -0.2) is 0 Å². The molecule has 0 N–H and O–H groups in total. The lowest BCUT2D eigenvalue weighted by molar-refractivity contribution is 0.103. The number of carbonyl (C=O) groups is 1. The minimum atomic E-state index is -0.000516. The molecule has 0 aliphatic heterocycles. The number of carbonyl (C=O) groups excluding carboxylic acids is 1. The van der Waals surface area contributed by atoms with Gasteiger partial charge in [-0.15, -0.1) is 0 Å². The van der Waals surface area contributed by atoms with Crippen LogP contribution < -0.4 is 0 Å². The normalized spacial score (nSPS) is 11.5. The number of aryl methyl sites for hydroxylation is 1. The number of hydrogen-bond donors (Lipinski definition) is 0. The molecule has 3 aromatic rings. The largest absolute Gasteiger partial charge is 0.457 e. The first kappa shape index (κ1) is 16.3. The number of halogens is 1. The van der Waals surface area contributed by atoms with Crippen molar-refractivity contribution in [3.05, 3.63) is 88.1 Å². The summed E-state index contributed by atoms with van der Waals surface area (Å²) in [5.74, 6) is 1.39. The second kappa shape index (κ2) is 6.90. The van der Waals surface area contributed by atoms with Crippen molar-refractivity contribution in [2.24, 2.45) is 0 Å². The number of Topliss-reactive ketones (excluding diaryl/α,β-unsaturated/α-hetero) is 1. The third-order valence-corrected chi connectivity index (χ3v) is 4.04. The number of benzene rings is 2. The van der Waals surface area contributed by atoms with Crippen molar-refractivity contribution >= 4 is 23.5 Å². The molecule has 0 atom stereocenters. The predicted molar refractivity (Wildman–Crippen MR) is 98.3 cm³/mol. The van der Waals surface area contributed by atoms with E-state index in [0.29, 0.717) is 21.9 Å². The van der Waals surface area contributed by atoms with E-state index in [1.165, 1.54) is 0 Å². The Bertz CT molecular complexity index is 884. The lowest BCUT2D eigenvalue weighted by Crippen LogP contribution is -2.00. The minimum absolute atomic E-state index is 0.000516. The second-order valence-corrected chi connectivity index (χ2v) is 6.17. The zero-order valence-electron chi connectivity index (χ0n) is 13.5. The summed E-state index contributed by atoms with van der Waals surface area (Å²) in [5, 5.41) is 0.685. The van der Waals surface area contributed by atoms with Crippen molar-refractivity contribution in [1.29, 1.82) is 0 Å². The molecule has 3 rings (SSSR count). The summed E-state index contributed by atoms with van der Waals surface area (Å²) in [7, 11) is 0. The molecule has 3 heteroatoms. The molecule has 2 aromatic carbocycles. The highest BCUT2D eigenvalue weighted by molar-refractivity contribution is 6.30. The molecule has 0 aliphatic rings. The molecular weight excluding hydrogens is 320 g/mol. The molecular formula is C21H17ClO2. The zero-order valence-corrected chi connectivity index (χ0v) is 14.3. The molecule has 0 aliphatic carbocycles. The Morgan fingerprint density at radius 2 is 1.62 bits per heavy atom. The van der Waals surface area contributed by atoms with Crippen LogP contribution in [0, 0.1) is 6.92 Å². The molecule has 0 unspecified atom stereocenters. The second-order valence-electron chi connectivity index (χ2n) is 5.73. The van der Waals surface area contributed by atoms with Gasteiger partial charge in [0.05, 0.1) is 0 Å². The van der Waals surface area contributed by atoms with Gasteiger partial charge in [0, 0.05) is 21.7 Å². The average Bonchev–Trinajstić information content (AvgIpc) is 3.04. The fraction of sp³-hybridized carbons (Fsp3) is 0.0952. The van der Waals surface area contributed by atoms with Gasteiger partial charge in [0.1, 0.15) is 11.5 Å². The molecule has 0 saturated carbocycles. The molecule has 24 heavy (non-hydrogen) atoms. The highest BCUT2D eigenvalue weighted by Crippen LogP contribution is 2.25. The van der Waals surface area contributed by atoms with Crippen molar-refractivity contribution in [2.75, 3.05) is 0 Å². The van der Waals surface area contributed by atoms with Crippen molar-refractivity contribution < 1.29 is 9.21 Å². The number of ketones is 1. The Labute approximate surface area is 146 Å². The summed E-state index contributed by atoms with van der Waals surface area (Å²) in [6, 6.07) is 18.7. The monoisotopic (exact) mass is 336 g/mol. The zero-order chi connectivity index (χ0) is 17.1. The maximum Gasteiger partial charge on any atom is 0.188 e. The van der Waals surface area contributed by atoms with Gasteiger partial charge < -0.3 is 4.42 Å². The lowest BCUT2D eigenvalue weighted by atomic mass is 10.0. The van der Waals surface area contributed by atoms with E-state index in [1.54, 1.807) is 13.0 Å². The van der Waals surface area contributed by atoms with E-state index in [4.69, 9.17) is 16.0 Å². The Morgan fingerprint density at radius 1 is 0.958 bits per heavy atom. The van der Waals surface area contributed by atoms with Crippen LogP contribution in [-0.4, -0.2) is 5.78 Å². The summed E-state index contributed by atoms with van der Waals surface area (Å²) in [6.07, 6.45) is 1.77. The molecule has 120 valence electrons. The van der Waals surface area contributed by atoms with E-state index in [2.05, 4.69) is 0 Å². The third-order valence-electron chi connectivity index (χ3n) is 3.79. The van der Waals surface area contributed by atoms with Crippen LogP contribution in [-0.2, 0) is 0 Å². The van der Waals surface area contributed by atoms with Crippen molar-refractivity contribution in [1.82, 2.24) is 0 Å². The van der Waals surface area contributed by atoms with E-state index < -0.39 is 0 Å². The molecule has 1 heterocycles. The van der Waals surface area contributed by atoms with Gasteiger partial charge in [-0.05, 0) is 56.3 Å². The molecule has 0 spiro atoms. The van der Waals surface area contributed by atoms with Crippen molar-refractivity contribution in [3.8, 4) is 11.3 Å². The van der Waals surface area contributed by atoms with Crippen LogP contribution in [0.15, 0.2) is 70.7 Å². The summed E-state index contributed by atoms with van der Waals surface area (Å²) in [5.41, 5.74) is 3.39. The van der Waals surface area contributed by atoms with Crippen LogP contribution in [0.2, 0.25) is 5.02 Å². The molecule has 0 amide bonds. The molecule has 0 fully saturated rings. The standard InChI is InChI=1S/C21H17ClO2/c1-14-3-5-17(6-4-14)21(23)15(2)13-19-11-12-20(24-19)16-7-9-18(22)10-8-16/h3-13H,1-2H3/b15-13+. The lowest BCUT2D eigenvalue weighted by Gasteiger charge is -2.01. The van der Waals surface area contributed by atoms with Crippen LogP contribution in [0.4, 0.5) is 0 Å². The molecule has 0 bridgehead atoms. The van der Waals surface area contributed by atoms with Gasteiger partial charge in [-0.1, -0.05) is 41.4 Å². The smallest absolute Gasteiger partial charge is 0.188 e. The maximum atomic E-state index is 12.4. The van der Waals surface area contributed by atoms with Gasteiger partial charge in [0.15, 0.2) is 5.78 Å². The van der Waals surface area contributed by atoms with E-state index >= 15 is 0 Å². The maximum absolute atomic E-state index is 12.4. The molecule has 1 aromatic heterocycles. The SMILES string of the molecule is C/C(=C\c1ccc(-c2ccc(Cl)cc2)o1)C(=O)c1ccc(C)cc1. The Hall–Kier alpha value is -2.58. The van der Waals surface area contributed by atoms with Gasteiger partial charge in [0.2, 0.25) is 0 Å². The first-order valence-electron chi connectivity index (χ1n) is 7.68. The van der Waals surface area contributed by atoms with Crippen LogP contribution >= 0.6 is 11.6 Å². The Balaban J connectivity index is 1.82. The third kappa shape index (κ3) is 3.66. The molecule has 0 saturated heterocycles. The van der Waals surface area contributed by atoms with Gasteiger partial charge in [0.25, 0.3) is 0 Å². The summed E-state index contributed by atoms with van der Waals surface area (Å²) >= 11 is 5.90.